The van der Waals surface area contributed by atoms with Crippen molar-refractivity contribution in [2.24, 2.45) is 0 Å². The Labute approximate surface area is 250 Å². The Morgan fingerprint density at radius 3 is 1.98 bits per heavy atom. The van der Waals surface area contributed by atoms with Crippen molar-refractivity contribution in [2.45, 2.75) is 31.3 Å². The Morgan fingerprint density at radius 1 is 0.786 bits per heavy atom. The van der Waals surface area contributed by atoms with E-state index in [-0.39, 0.29) is 23.9 Å². The third kappa shape index (κ3) is 6.75. The summed E-state index contributed by atoms with van der Waals surface area (Å²) < 4.78 is 33.3. The summed E-state index contributed by atoms with van der Waals surface area (Å²) in [6.07, 6.45) is -0.518. The van der Waals surface area contributed by atoms with Crippen LogP contribution in [0.1, 0.15) is 31.1 Å². The van der Waals surface area contributed by atoms with Gasteiger partial charge in [-0.05, 0) is 91.2 Å². The van der Waals surface area contributed by atoms with Crippen molar-refractivity contribution in [2.75, 3.05) is 31.5 Å². The van der Waals surface area contributed by atoms with Gasteiger partial charge in [0.25, 0.3) is 5.91 Å². The van der Waals surface area contributed by atoms with Gasteiger partial charge >= 0.3 is 6.09 Å². The Bertz CT molecular complexity index is 1730. The molecule has 0 aromatic heterocycles. The molecule has 1 heterocycles. The van der Waals surface area contributed by atoms with E-state index in [9.17, 15) is 18.0 Å². The first-order valence-electron chi connectivity index (χ1n) is 13.6. The highest BCUT2D eigenvalue weighted by atomic mass is 35.5. The quantitative estimate of drug-likeness (QED) is 0.275. The number of benzene rings is 4. The van der Waals surface area contributed by atoms with E-state index in [1.54, 1.807) is 86.3 Å². The molecule has 4 aromatic rings. The third-order valence-corrected chi connectivity index (χ3v) is 9.06. The molecule has 1 aliphatic heterocycles. The number of rotatable bonds is 5. The number of ether oxygens (including phenoxy) is 1. The smallest absolute Gasteiger partial charge is 0.412 e. The molecule has 5 rings (SSSR count). The molecule has 8 nitrogen and oxygen atoms in total. The van der Waals surface area contributed by atoms with E-state index in [0.717, 1.165) is 21.9 Å². The Balaban J connectivity index is 1.19. The summed E-state index contributed by atoms with van der Waals surface area (Å²) in [4.78, 5) is 27.1. The number of nitrogens with zero attached hydrogens (tertiary/aromatic N) is 2. The lowest BCUT2D eigenvalue weighted by molar-refractivity contribution is 0.0635. The Kier molecular flexibility index (Phi) is 8.28. The molecular weight excluding hydrogens is 574 g/mol. The molecular formula is C32H32ClN3O5S. The summed E-state index contributed by atoms with van der Waals surface area (Å²) in [6, 6.07) is 25.0. The zero-order chi connectivity index (χ0) is 30.1. The minimum Gasteiger partial charge on any atom is -0.444 e. The Morgan fingerprint density at radius 2 is 1.36 bits per heavy atom. The van der Waals surface area contributed by atoms with Crippen LogP contribution in [0.3, 0.4) is 0 Å². The van der Waals surface area contributed by atoms with Gasteiger partial charge in [-0.3, -0.25) is 10.1 Å². The first-order valence-corrected chi connectivity index (χ1v) is 15.4. The molecule has 0 unspecified atom stereocenters. The second-order valence-electron chi connectivity index (χ2n) is 11.1. The second-order valence-corrected chi connectivity index (χ2v) is 13.5. The van der Waals surface area contributed by atoms with Crippen LogP contribution in [0.5, 0.6) is 0 Å². The van der Waals surface area contributed by atoms with Crippen molar-refractivity contribution in [3.05, 3.63) is 95.5 Å². The van der Waals surface area contributed by atoms with E-state index >= 15 is 0 Å². The number of sulfonamides is 1. The minimum absolute atomic E-state index is 0.141. The van der Waals surface area contributed by atoms with E-state index in [1.807, 2.05) is 24.3 Å². The summed E-state index contributed by atoms with van der Waals surface area (Å²) in [5.74, 6) is -0.141. The fraction of sp³-hybridized carbons (Fsp3) is 0.250. The molecule has 1 fully saturated rings. The van der Waals surface area contributed by atoms with Gasteiger partial charge < -0.3 is 9.64 Å². The van der Waals surface area contributed by atoms with E-state index in [1.165, 1.54) is 4.31 Å². The number of hydrogen-bond acceptors (Lipinski definition) is 5. The van der Waals surface area contributed by atoms with Crippen molar-refractivity contribution in [3.63, 3.8) is 0 Å². The molecule has 0 saturated carbocycles. The standard InChI is InChI=1S/C32H32ClN3O5S/c1-32(2,3)41-31(38)34-28-13-9-23(10-14-28)22-4-6-24(7-5-22)30(37)35-16-18-36(19-17-35)42(39,40)29-15-11-25-20-27(33)12-8-26(25)21-29/h4-15,20-21H,16-19H2,1-3H3,(H,34,38). The summed E-state index contributed by atoms with van der Waals surface area (Å²) in [5.41, 5.74) is 2.42. The minimum atomic E-state index is -3.70. The molecule has 4 aromatic carbocycles. The van der Waals surface area contributed by atoms with Gasteiger partial charge in [0.15, 0.2) is 0 Å². The fourth-order valence-corrected chi connectivity index (χ4v) is 6.43. The van der Waals surface area contributed by atoms with Gasteiger partial charge in [-0.25, -0.2) is 13.2 Å². The number of nitrogens with one attached hydrogen (secondary N) is 1. The summed E-state index contributed by atoms with van der Waals surface area (Å²) in [7, 11) is -3.70. The van der Waals surface area contributed by atoms with Crippen LogP contribution in [0.15, 0.2) is 89.8 Å². The molecule has 1 aliphatic rings. The first-order chi connectivity index (χ1) is 19.9. The lowest BCUT2D eigenvalue weighted by atomic mass is 10.0. The second kappa shape index (κ2) is 11.8. The van der Waals surface area contributed by atoms with Crippen LogP contribution in [-0.2, 0) is 14.8 Å². The average molecular weight is 606 g/mol. The van der Waals surface area contributed by atoms with Crippen LogP contribution >= 0.6 is 11.6 Å². The number of hydrogen-bond donors (Lipinski definition) is 1. The van der Waals surface area contributed by atoms with Crippen molar-refractivity contribution in [3.8, 4) is 11.1 Å². The van der Waals surface area contributed by atoms with Gasteiger partial charge in [0.1, 0.15) is 5.60 Å². The maximum Gasteiger partial charge on any atom is 0.412 e. The number of piperazine rings is 1. The highest BCUT2D eigenvalue weighted by Crippen LogP contribution is 2.26. The predicted octanol–water partition coefficient (Wildman–Crippen LogP) is 6.65. The molecule has 42 heavy (non-hydrogen) atoms. The molecule has 10 heteroatoms. The molecule has 1 saturated heterocycles. The van der Waals surface area contributed by atoms with Crippen LogP contribution in [0, 0.1) is 0 Å². The van der Waals surface area contributed by atoms with Gasteiger partial charge in [-0.1, -0.05) is 48.0 Å². The molecule has 0 spiro atoms. The lowest BCUT2D eigenvalue weighted by Gasteiger charge is -2.34. The van der Waals surface area contributed by atoms with Crippen molar-refractivity contribution in [1.82, 2.24) is 9.21 Å². The van der Waals surface area contributed by atoms with Crippen LogP contribution in [0.4, 0.5) is 10.5 Å². The SMILES string of the molecule is CC(C)(C)OC(=O)Nc1ccc(-c2ccc(C(=O)N3CCN(S(=O)(=O)c4ccc5cc(Cl)ccc5c4)CC3)cc2)cc1. The summed E-state index contributed by atoms with van der Waals surface area (Å²) >= 11 is 6.05. The van der Waals surface area contributed by atoms with Gasteiger partial charge in [-0.15, -0.1) is 0 Å². The van der Waals surface area contributed by atoms with Crippen LogP contribution < -0.4 is 5.32 Å². The number of carbonyl (C=O) groups excluding carboxylic acids is 2. The number of amides is 2. The number of carbonyl (C=O) groups is 2. The zero-order valence-electron chi connectivity index (χ0n) is 23.6. The largest absolute Gasteiger partial charge is 0.444 e. The normalized spacial score (nSPS) is 14.5. The van der Waals surface area contributed by atoms with Crippen molar-refractivity contribution < 1.29 is 22.7 Å². The van der Waals surface area contributed by atoms with E-state index in [0.29, 0.717) is 29.4 Å². The topological polar surface area (TPSA) is 96.0 Å². The van der Waals surface area contributed by atoms with E-state index in [4.69, 9.17) is 16.3 Å². The average Bonchev–Trinajstić information content (AvgIpc) is 2.96. The van der Waals surface area contributed by atoms with Crippen molar-refractivity contribution >= 4 is 50.1 Å². The van der Waals surface area contributed by atoms with Gasteiger partial charge in [-0.2, -0.15) is 4.31 Å². The Hall–Kier alpha value is -3.92. The van der Waals surface area contributed by atoms with Crippen molar-refractivity contribution in [1.29, 1.82) is 0 Å². The lowest BCUT2D eigenvalue weighted by Crippen LogP contribution is -2.50. The van der Waals surface area contributed by atoms with Gasteiger partial charge in [0.2, 0.25) is 10.0 Å². The van der Waals surface area contributed by atoms with E-state index in [2.05, 4.69) is 5.32 Å². The predicted molar refractivity (Wildman–Crippen MR) is 165 cm³/mol. The van der Waals surface area contributed by atoms with Gasteiger partial charge in [0.05, 0.1) is 4.90 Å². The fourth-order valence-electron chi connectivity index (χ4n) is 4.79. The molecule has 0 aliphatic carbocycles. The highest BCUT2D eigenvalue weighted by molar-refractivity contribution is 7.89. The number of fused-ring (bicyclic) bond motifs is 1. The van der Waals surface area contributed by atoms with Crippen LogP contribution in [-0.4, -0.2) is 61.4 Å². The zero-order valence-corrected chi connectivity index (χ0v) is 25.2. The monoisotopic (exact) mass is 605 g/mol. The van der Waals surface area contributed by atoms with Crippen LogP contribution in [0.25, 0.3) is 21.9 Å². The maximum atomic E-state index is 13.3. The highest BCUT2D eigenvalue weighted by Gasteiger charge is 2.30. The number of halogens is 1. The van der Waals surface area contributed by atoms with E-state index < -0.39 is 21.7 Å². The molecule has 0 radical (unpaired) electrons. The molecule has 1 N–H and O–H groups in total. The maximum absolute atomic E-state index is 13.3. The number of anilines is 1. The third-order valence-electron chi connectivity index (χ3n) is 6.93. The molecule has 2 amide bonds. The molecule has 218 valence electrons. The molecule has 0 bridgehead atoms. The summed E-state index contributed by atoms with van der Waals surface area (Å²) in [5, 5.41) is 4.97. The van der Waals surface area contributed by atoms with Crippen LogP contribution in [0.2, 0.25) is 5.02 Å². The first kappa shape index (κ1) is 29.6. The van der Waals surface area contributed by atoms with Gasteiger partial charge in [0, 0.05) is 42.5 Å². The summed E-state index contributed by atoms with van der Waals surface area (Å²) in [6.45, 7) is 6.45. The molecule has 0 atom stereocenters.